The van der Waals surface area contributed by atoms with Crippen LogP contribution in [-0.4, -0.2) is 77.1 Å². The van der Waals surface area contributed by atoms with E-state index in [4.69, 9.17) is 24.8 Å². The molecule has 3 rings (SSSR count). The molecule has 0 bridgehead atoms. The number of aromatic nitrogens is 4. The van der Waals surface area contributed by atoms with Crippen molar-refractivity contribution in [3.8, 4) is 0 Å². The van der Waals surface area contributed by atoms with Crippen LogP contribution in [0, 0.1) is 0 Å². The fourth-order valence-corrected chi connectivity index (χ4v) is 3.48. The van der Waals surface area contributed by atoms with E-state index in [1.54, 1.807) is 0 Å². The first kappa shape index (κ1) is 20.9. The maximum absolute atomic E-state index is 11.1. The molecule has 1 fully saturated rings. The molecule has 7 N–H and O–H groups in total. The highest BCUT2D eigenvalue weighted by atomic mass is 32.3. The Morgan fingerprint density at radius 3 is 2.64 bits per heavy atom. The Hall–Kier alpha value is -1.79. The molecule has 0 amide bonds. The number of phosphoric acid groups is 1. The lowest BCUT2D eigenvalue weighted by molar-refractivity contribution is -0.216. The maximum Gasteiger partial charge on any atom is 0.469 e. The second kappa shape index (κ2) is 6.92. The van der Waals surface area contributed by atoms with Gasteiger partial charge in [-0.2, -0.15) is 8.42 Å². The number of ether oxygens (including phenoxy) is 1. The van der Waals surface area contributed by atoms with Crippen molar-refractivity contribution in [2.75, 3.05) is 12.3 Å². The van der Waals surface area contributed by atoms with Crippen molar-refractivity contribution >= 4 is 35.2 Å². The second-order valence-electron chi connectivity index (χ2n) is 5.59. The van der Waals surface area contributed by atoms with E-state index in [2.05, 4.69) is 23.7 Å². The molecule has 0 aliphatic carbocycles. The van der Waals surface area contributed by atoms with Gasteiger partial charge in [-0.15, -0.1) is 0 Å². The molecule has 4 atom stereocenters. The van der Waals surface area contributed by atoms with Crippen molar-refractivity contribution < 1.29 is 51.0 Å². The maximum atomic E-state index is 11.1. The van der Waals surface area contributed by atoms with Gasteiger partial charge in [0.15, 0.2) is 23.8 Å². The zero-order valence-electron chi connectivity index (χ0n) is 13.5. The summed E-state index contributed by atoms with van der Waals surface area (Å²) < 4.78 is 56.6. The highest BCUT2D eigenvalue weighted by Crippen LogP contribution is 2.43. The first-order valence-electron chi connectivity index (χ1n) is 7.19. The van der Waals surface area contributed by atoms with E-state index in [-0.39, 0.29) is 17.0 Å². The van der Waals surface area contributed by atoms with Gasteiger partial charge >= 0.3 is 18.2 Å². The summed E-state index contributed by atoms with van der Waals surface area (Å²) in [6.45, 7) is -1.12. The largest absolute Gasteiger partial charge is 0.469 e. The predicted octanol–water partition coefficient (Wildman–Crippen LogP) is -2.72. The van der Waals surface area contributed by atoms with Crippen LogP contribution < -0.4 is 5.73 Å². The van der Waals surface area contributed by atoms with Gasteiger partial charge in [0.1, 0.15) is 17.9 Å². The molecule has 18 heteroatoms. The van der Waals surface area contributed by atoms with Crippen molar-refractivity contribution in [3.63, 3.8) is 0 Å². The molecule has 0 aromatic carbocycles. The summed E-state index contributed by atoms with van der Waals surface area (Å²) >= 11 is 0. The fourth-order valence-electron chi connectivity index (χ4n) is 2.60. The summed E-state index contributed by atoms with van der Waals surface area (Å²) in [6, 6.07) is 0. The molecule has 156 valence electrons. The summed E-state index contributed by atoms with van der Waals surface area (Å²) in [5, 5.41) is 20.9. The van der Waals surface area contributed by atoms with E-state index in [1.807, 2.05) is 0 Å². The van der Waals surface area contributed by atoms with Gasteiger partial charge < -0.3 is 30.5 Å². The highest BCUT2D eigenvalue weighted by Gasteiger charge is 2.60. The Morgan fingerprint density at radius 1 is 1.36 bits per heavy atom. The SMILES string of the molecule is Nc1ncnc2c1ncn2[C@@H]1O[C@H](COP(=O)(O)O)[C@](O)(OS(=O)(=O)O)[C@H]1O. The van der Waals surface area contributed by atoms with E-state index in [9.17, 15) is 23.2 Å². The molecule has 2 aromatic heterocycles. The number of nitrogen functional groups attached to an aromatic ring is 1. The van der Waals surface area contributed by atoms with Crippen LogP contribution in [0.1, 0.15) is 6.23 Å². The number of aliphatic hydroxyl groups excluding tert-OH is 1. The topological polar surface area (TPSA) is 250 Å². The minimum Gasteiger partial charge on any atom is -0.383 e. The summed E-state index contributed by atoms with van der Waals surface area (Å²) in [4.78, 5) is 29.1. The number of rotatable bonds is 6. The van der Waals surface area contributed by atoms with Crippen molar-refractivity contribution in [1.29, 1.82) is 0 Å². The van der Waals surface area contributed by atoms with Gasteiger partial charge in [-0.3, -0.25) is 13.6 Å². The summed E-state index contributed by atoms with van der Waals surface area (Å²) in [5.74, 6) is -3.20. The number of hydrogen-bond donors (Lipinski definition) is 6. The third kappa shape index (κ3) is 3.98. The second-order valence-corrected chi connectivity index (χ2v) is 7.85. The average molecular weight is 443 g/mol. The number of fused-ring (bicyclic) bond motifs is 1. The van der Waals surface area contributed by atoms with E-state index in [0.29, 0.717) is 0 Å². The third-order valence-corrected chi connectivity index (χ3v) is 4.72. The number of nitrogens with two attached hydrogens (primary N) is 1. The fraction of sp³-hybridized carbons (Fsp3) is 0.500. The van der Waals surface area contributed by atoms with Crippen LogP contribution in [0.15, 0.2) is 12.7 Å². The molecule has 1 aliphatic heterocycles. The minimum atomic E-state index is -5.34. The van der Waals surface area contributed by atoms with Gasteiger partial charge in [-0.1, -0.05) is 0 Å². The molecule has 0 unspecified atom stereocenters. The van der Waals surface area contributed by atoms with Gasteiger partial charge in [0.25, 0.3) is 0 Å². The predicted molar refractivity (Wildman–Crippen MR) is 85.2 cm³/mol. The molecule has 2 aromatic rings. The monoisotopic (exact) mass is 443 g/mol. The number of nitrogens with zero attached hydrogens (tertiary/aromatic N) is 4. The first-order chi connectivity index (χ1) is 12.8. The molecular formula is C10H14N5O11PS. The number of hydrogen-bond acceptors (Lipinski definition) is 12. The van der Waals surface area contributed by atoms with Crippen LogP contribution in [0.3, 0.4) is 0 Å². The van der Waals surface area contributed by atoms with Gasteiger partial charge in [-0.25, -0.2) is 23.7 Å². The van der Waals surface area contributed by atoms with E-state index >= 15 is 0 Å². The smallest absolute Gasteiger partial charge is 0.383 e. The third-order valence-electron chi connectivity index (χ3n) is 3.75. The lowest BCUT2D eigenvalue weighted by Gasteiger charge is -2.28. The molecule has 0 saturated carbocycles. The van der Waals surface area contributed by atoms with Crippen LogP contribution in [-0.2, 0) is 28.4 Å². The normalized spacial score (nSPS) is 28.8. The van der Waals surface area contributed by atoms with Crippen molar-refractivity contribution in [2.45, 2.75) is 24.2 Å². The van der Waals surface area contributed by atoms with Crippen LogP contribution >= 0.6 is 7.82 Å². The molecule has 1 aliphatic rings. The van der Waals surface area contributed by atoms with Gasteiger partial charge in [0, 0.05) is 0 Å². The molecule has 3 heterocycles. The number of aliphatic hydroxyl groups is 2. The highest BCUT2D eigenvalue weighted by molar-refractivity contribution is 7.80. The Morgan fingerprint density at radius 2 is 2.04 bits per heavy atom. The van der Waals surface area contributed by atoms with Gasteiger partial charge in [0.05, 0.1) is 12.9 Å². The van der Waals surface area contributed by atoms with Crippen LogP contribution in [0.2, 0.25) is 0 Å². The Bertz CT molecular complexity index is 1040. The van der Waals surface area contributed by atoms with Crippen molar-refractivity contribution in [1.82, 2.24) is 19.5 Å². The van der Waals surface area contributed by atoms with Crippen LogP contribution in [0.5, 0.6) is 0 Å². The number of anilines is 1. The Kier molecular flexibility index (Phi) is 5.17. The minimum absolute atomic E-state index is 0.0160. The Balaban J connectivity index is 2.01. The number of phosphoric ester groups is 1. The van der Waals surface area contributed by atoms with E-state index in [1.165, 1.54) is 0 Å². The zero-order valence-corrected chi connectivity index (χ0v) is 15.2. The number of imidazole rings is 1. The lowest BCUT2D eigenvalue weighted by atomic mass is 10.1. The van der Waals surface area contributed by atoms with Crippen LogP contribution in [0.25, 0.3) is 11.2 Å². The standard InChI is InChI=1S/C10H14N5O11PS/c11-7-5-8(13-2-12-7)15(3-14-5)9-6(16)10(17,26-28(21,22)23)4(25-9)1-24-27(18,19)20/h2-4,6,9,16-17H,1H2,(H2,11,12,13)(H2,18,19,20)(H,21,22,23)/t4-,6+,9-,10+/m1/s1. The zero-order chi connectivity index (χ0) is 20.9. The Labute approximate surface area is 155 Å². The van der Waals surface area contributed by atoms with Gasteiger partial charge in [0.2, 0.25) is 5.79 Å². The first-order valence-corrected chi connectivity index (χ1v) is 10.1. The lowest BCUT2D eigenvalue weighted by Crippen LogP contribution is -2.52. The molecular weight excluding hydrogens is 429 g/mol. The summed E-state index contributed by atoms with van der Waals surface area (Å²) in [6.07, 6.45) is -3.68. The van der Waals surface area contributed by atoms with Crippen molar-refractivity contribution in [2.24, 2.45) is 0 Å². The molecule has 0 radical (unpaired) electrons. The quantitative estimate of drug-likeness (QED) is 0.151. The van der Waals surface area contributed by atoms with E-state index in [0.717, 1.165) is 17.2 Å². The van der Waals surface area contributed by atoms with Crippen molar-refractivity contribution in [3.05, 3.63) is 12.7 Å². The van der Waals surface area contributed by atoms with Gasteiger partial charge in [-0.05, 0) is 0 Å². The average Bonchev–Trinajstić information content (AvgIpc) is 3.05. The molecule has 16 nitrogen and oxygen atoms in total. The molecule has 1 saturated heterocycles. The summed E-state index contributed by atoms with van der Waals surface area (Å²) in [7, 11) is -10.4. The summed E-state index contributed by atoms with van der Waals surface area (Å²) in [5.41, 5.74) is 5.75. The molecule has 28 heavy (non-hydrogen) atoms. The molecule has 0 spiro atoms. The van der Waals surface area contributed by atoms with E-state index < -0.39 is 49.1 Å². The van der Waals surface area contributed by atoms with Crippen LogP contribution in [0.4, 0.5) is 5.82 Å².